The Hall–Kier alpha value is -2.51. The summed E-state index contributed by atoms with van der Waals surface area (Å²) in [6.45, 7) is 0. The highest BCUT2D eigenvalue weighted by Crippen LogP contribution is 2.42. The molecular formula is C13H11N3O3S. The van der Waals surface area contributed by atoms with E-state index in [0.29, 0.717) is 0 Å². The molecule has 0 amide bonds. The summed E-state index contributed by atoms with van der Waals surface area (Å²) in [6.07, 6.45) is 0. The number of rotatable bonds is 2. The highest BCUT2D eigenvalue weighted by molar-refractivity contribution is 7.80. The molecule has 0 unspecified atom stereocenters. The van der Waals surface area contributed by atoms with E-state index in [9.17, 15) is 10.1 Å². The van der Waals surface area contributed by atoms with Gasteiger partial charge in [-0.25, -0.2) is 5.48 Å². The molecule has 7 heteroatoms. The van der Waals surface area contributed by atoms with Crippen molar-refractivity contribution < 1.29 is 10.1 Å². The molecule has 20 heavy (non-hydrogen) atoms. The van der Waals surface area contributed by atoms with Gasteiger partial charge in [0.05, 0.1) is 10.5 Å². The van der Waals surface area contributed by atoms with Crippen molar-refractivity contribution in [2.45, 2.75) is 0 Å². The number of benzene rings is 2. The smallest absolute Gasteiger partial charge is 0.277 e. The maximum absolute atomic E-state index is 10.1. The summed E-state index contributed by atoms with van der Waals surface area (Å²) in [6, 6.07) is 14.5. The third-order valence-corrected chi connectivity index (χ3v) is 2.75. The second-order valence-electron chi connectivity index (χ2n) is 3.92. The number of nitrogens with one attached hydrogen (secondary N) is 2. The monoisotopic (exact) mass is 289 g/mol. The highest BCUT2D eigenvalue weighted by atomic mass is 32.1. The summed E-state index contributed by atoms with van der Waals surface area (Å²) in [7, 11) is 0. The standard InChI is InChI=1S/C7H8N2OS.C6H3NO2/c10-9-7(11)8-6-4-2-1-3-5-6;8-7(9)6-2-1-4-3-5(4)6/h1-5,10H,(H2,8,9,11);1-3H. The van der Waals surface area contributed by atoms with E-state index in [1.807, 2.05) is 35.8 Å². The topological polar surface area (TPSA) is 87.4 Å². The largest absolute Gasteiger partial charge is 0.331 e. The molecule has 0 aromatic heterocycles. The summed E-state index contributed by atoms with van der Waals surface area (Å²) in [5.41, 5.74) is 4.74. The average Bonchev–Trinajstić information content (AvgIpc) is 3.10. The van der Waals surface area contributed by atoms with Gasteiger partial charge in [-0.15, -0.1) is 0 Å². The minimum atomic E-state index is -0.359. The SMILES string of the molecule is O=[N+]([O-])c1ccc2cc1-2.ONC(=S)Nc1ccccc1. The van der Waals surface area contributed by atoms with Gasteiger partial charge in [0.2, 0.25) is 0 Å². The first kappa shape index (κ1) is 13.9. The van der Waals surface area contributed by atoms with Gasteiger partial charge in [-0.05, 0) is 42.0 Å². The second kappa shape index (κ2) is 6.09. The van der Waals surface area contributed by atoms with E-state index >= 15 is 0 Å². The zero-order chi connectivity index (χ0) is 14.5. The zero-order valence-corrected chi connectivity index (χ0v) is 11.1. The molecule has 0 heterocycles. The maximum atomic E-state index is 10.1. The quantitative estimate of drug-likeness (QED) is 0.382. The summed E-state index contributed by atoms with van der Waals surface area (Å²) < 4.78 is 0. The van der Waals surface area contributed by atoms with E-state index in [2.05, 4.69) is 17.5 Å². The molecule has 0 fully saturated rings. The van der Waals surface area contributed by atoms with Crippen molar-refractivity contribution in [1.29, 1.82) is 0 Å². The van der Waals surface area contributed by atoms with Crippen LogP contribution in [0.5, 0.6) is 0 Å². The first-order valence-corrected chi connectivity index (χ1v) is 6.07. The molecule has 2 aliphatic carbocycles. The first-order valence-electron chi connectivity index (χ1n) is 5.67. The Kier molecular flexibility index (Phi) is 4.24. The lowest BCUT2D eigenvalue weighted by atomic mass is 10.3. The summed E-state index contributed by atoms with van der Waals surface area (Å²) in [5.74, 6) is 0. The number of hydrogen-bond acceptors (Lipinski definition) is 4. The Morgan fingerprint density at radius 1 is 1.20 bits per heavy atom. The van der Waals surface area contributed by atoms with Crippen molar-refractivity contribution in [3.8, 4) is 11.1 Å². The zero-order valence-electron chi connectivity index (χ0n) is 10.2. The fourth-order valence-electron chi connectivity index (χ4n) is 1.58. The predicted molar refractivity (Wildman–Crippen MR) is 79.7 cm³/mol. The molecule has 0 aliphatic heterocycles. The van der Waals surface area contributed by atoms with Crippen molar-refractivity contribution in [3.63, 3.8) is 0 Å². The Balaban J connectivity index is 0.000000149. The van der Waals surface area contributed by atoms with Crippen LogP contribution in [0.1, 0.15) is 0 Å². The normalized spacial score (nSPS) is 9.85. The van der Waals surface area contributed by atoms with Crippen LogP contribution in [0.15, 0.2) is 48.5 Å². The lowest BCUT2D eigenvalue weighted by molar-refractivity contribution is -0.383. The van der Waals surface area contributed by atoms with Crippen LogP contribution in [0.3, 0.4) is 0 Å². The van der Waals surface area contributed by atoms with Gasteiger partial charge in [0, 0.05) is 11.8 Å². The number of nitro groups is 1. The van der Waals surface area contributed by atoms with Crippen LogP contribution in [-0.2, 0) is 0 Å². The van der Waals surface area contributed by atoms with E-state index in [0.717, 1.165) is 16.8 Å². The fraction of sp³-hybridized carbons (Fsp3) is 0. The third kappa shape index (κ3) is 3.50. The highest BCUT2D eigenvalue weighted by Gasteiger charge is 2.24. The second-order valence-corrected chi connectivity index (χ2v) is 4.33. The van der Waals surface area contributed by atoms with Crippen molar-refractivity contribution in [2.75, 3.05) is 5.32 Å². The van der Waals surface area contributed by atoms with Crippen LogP contribution in [0.4, 0.5) is 11.4 Å². The van der Waals surface area contributed by atoms with E-state index in [1.54, 1.807) is 12.1 Å². The molecule has 0 spiro atoms. The summed E-state index contributed by atoms with van der Waals surface area (Å²) >= 11 is 4.67. The van der Waals surface area contributed by atoms with E-state index in [1.165, 1.54) is 6.07 Å². The number of para-hydroxylation sites is 1. The van der Waals surface area contributed by atoms with Gasteiger partial charge in [-0.3, -0.25) is 15.3 Å². The third-order valence-electron chi connectivity index (χ3n) is 2.55. The number of fused-ring (bicyclic) bond motifs is 1. The lowest BCUT2D eigenvalue weighted by Crippen LogP contribution is -2.24. The van der Waals surface area contributed by atoms with Crippen LogP contribution >= 0.6 is 12.2 Å². The van der Waals surface area contributed by atoms with Crippen LogP contribution in [0.2, 0.25) is 0 Å². The van der Waals surface area contributed by atoms with Gasteiger partial charge >= 0.3 is 0 Å². The number of hydrogen-bond donors (Lipinski definition) is 3. The summed E-state index contributed by atoms with van der Waals surface area (Å²) in [5, 5.41) is 21.4. The average molecular weight is 289 g/mol. The van der Waals surface area contributed by atoms with Gasteiger partial charge in [0.1, 0.15) is 0 Å². The minimum absolute atomic E-state index is 0.191. The molecule has 102 valence electrons. The Labute approximate surface area is 120 Å². The molecule has 3 rings (SSSR count). The van der Waals surface area contributed by atoms with Crippen molar-refractivity contribution in [2.24, 2.45) is 0 Å². The minimum Gasteiger partial charge on any atom is -0.331 e. The predicted octanol–water partition coefficient (Wildman–Crippen LogP) is 2.94. The van der Waals surface area contributed by atoms with Crippen molar-refractivity contribution in [3.05, 3.63) is 58.6 Å². The number of hydroxylamine groups is 1. The van der Waals surface area contributed by atoms with Gasteiger partial charge in [0.15, 0.2) is 5.11 Å². The van der Waals surface area contributed by atoms with E-state index < -0.39 is 0 Å². The van der Waals surface area contributed by atoms with E-state index in [-0.39, 0.29) is 15.7 Å². The number of thiocarbonyl (C=S) groups is 1. The Morgan fingerprint density at radius 2 is 1.90 bits per heavy atom. The molecule has 3 N–H and O–H groups in total. The first-order chi connectivity index (χ1) is 9.61. The number of nitrogens with zero attached hydrogens (tertiary/aromatic N) is 1. The molecule has 0 radical (unpaired) electrons. The van der Waals surface area contributed by atoms with Crippen LogP contribution in [0.25, 0.3) is 11.1 Å². The molecule has 0 saturated carbocycles. The Bertz CT molecular complexity index is 647. The Morgan fingerprint density at radius 3 is 2.30 bits per heavy atom. The van der Waals surface area contributed by atoms with E-state index in [4.69, 9.17) is 5.21 Å². The molecule has 1 aromatic rings. The summed E-state index contributed by atoms with van der Waals surface area (Å²) in [4.78, 5) is 9.74. The maximum Gasteiger partial charge on any atom is 0.277 e. The number of nitro benzene ring substituents is 1. The molecule has 6 nitrogen and oxygen atoms in total. The molecule has 0 saturated heterocycles. The lowest BCUT2D eigenvalue weighted by Gasteiger charge is -2.04. The van der Waals surface area contributed by atoms with Gasteiger partial charge in [-0.1, -0.05) is 18.2 Å². The van der Waals surface area contributed by atoms with Crippen LogP contribution in [-0.4, -0.2) is 15.2 Å². The van der Waals surface area contributed by atoms with Gasteiger partial charge < -0.3 is 5.32 Å². The van der Waals surface area contributed by atoms with Crippen molar-refractivity contribution in [1.82, 2.24) is 5.48 Å². The fourth-order valence-corrected chi connectivity index (χ4v) is 1.70. The van der Waals surface area contributed by atoms with Crippen molar-refractivity contribution >= 4 is 28.7 Å². The molecule has 2 aliphatic rings. The van der Waals surface area contributed by atoms with Gasteiger partial charge in [0.25, 0.3) is 5.69 Å². The van der Waals surface area contributed by atoms with Crippen LogP contribution < -0.4 is 10.8 Å². The van der Waals surface area contributed by atoms with Crippen LogP contribution in [0, 0.1) is 10.1 Å². The van der Waals surface area contributed by atoms with Gasteiger partial charge in [-0.2, -0.15) is 0 Å². The molecule has 0 atom stereocenters. The molecule has 1 aromatic carbocycles. The molecule has 0 bridgehead atoms. The number of anilines is 1. The molecular weight excluding hydrogens is 278 g/mol.